The zero-order valence-electron chi connectivity index (χ0n) is 15.9. The van der Waals surface area contributed by atoms with Crippen molar-refractivity contribution >= 4 is 17.7 Å². The second kappa shape index (κ2) is 12.2. The second-order valence-electron chi connectivity index (χ2n) is 6.52. The van der Waals surface area contributed by atoms with Crippen LogP contribution in [0.1, 0.15) is 50.5 Å². The lowest BCUT2D eigenvalue weighted by Crippen LogP contribution is -2.30. The monoisotopic (exact) mass is 379 g/mol. The first-order chi connectivity index (χ1) is 13.7. The van der Waals surface area contributed by atoms with E-state index in [1.165, 1.54) is 0 Å². The van der Waals surface area contributed by atoms with Crippen molar-refractivity contribution in [2.45, 2.75) is 51.0 Å². The van der Waals surface area contributed by atoms with Gasteiger partial charge in [0.15, 0.2) is 6.07 Å². The minimum Gasteiger partial charge on any atom is -0.446 e. The Morgan fingerprint density at radius 3 is 2.71 bits per heavy atom. The van der Waals surface area contributed by atoms with E-state index in [1.54, 1.807) is 30.3 Å². The molecule has 6 nitrogen and oxygen atoms in total. The lowest BCUT2D eigenvalue weighted by atomic mass is 10.0. The summed E-state index contributed by atoms with van der Waals surface area (Å²) in [4.78, 5) is 23.8. The van der Waals surface area contributed by atoms with Crippen LogP contribution in [0, 0.1) is 23.2 Å². The van der Waals surface area contributed by atoms with Gasteiger partial charge in [-0.15, -0.1) is 0 Å². The van der Waals surface area contributed by atoms with Crippen molar-refractivity contribution in [3.8, 4) is 17.9 Å². The molecule has 1 atom stereocenters. The van der Waals surface area contributed by atoms with E-state index >= 15 is 0 Å². The molecule has 0 aromatic heterocycles. The molecule has 0 saturated carbocycles. The molecule has 0 radical (unpaired) electrons. The van der Waals surface area contributed by atoms with E-state index in [4.69, 9.17) is 10.00 Å². The van der Waals surface area contributed by atoms with Crippen molar-refractivity contribution in [3.63, 3.8) is 0 Å². The average molecular weight is 379 g/mol. The topological polar surface area (TPSA) is 91.2 Å². The van der Waals surface area contributed by atoms with Crippen LogP contribution in [-0.2, 0) is 9.53 Å². The largest absolute Gasteiger partial charge is 0.446 e. The van der Waals surface area contributed by atoms with E-state index in [0.717, 1.165) is 32.1 Å². The van der Waals surface area contributed by atoms with Gasteiger partial charge in [0, 0.05) is 30.1 Å². The first-order valence-electron chi connectivity index (χ1n) is 9.57. The van der Waals surface area contributed by atoms with Gasteiger partial charge in [0.2, 0.25) is 5.91 Å². The van der Waals surface area contributed by atoms with Crippen molar-refractivity contribution in [2.75, 3.05) is 11.9 Å². The number of nitrogens with one attached hydrogen (secondary N) is 2. The Balaban J connectivity index is 1.62. The fourth-order valence-corrected chi connectivity index (χ4v) is 2.84. The maximum absolute atomic E-state index is 12.0. The molecule has 1 aromatic rings. The quantitative estimate of drug-likeness (QED) is 0.445. The maximum atomic E-state index is 12.0. The Hall–Kier alpha value is -3.25. The molecule has 1 unspecified atom stereocenters. The normalized spacial score (nSPS) is 16.9. The van der Waals surface area contributed by atoms with Crippen LogP contribution in [0.2, 0.25) is 0 Å². The predicted molar refractivity (Wildman–Crippen MR) is 107 cm³/mol. The average Bonchev–Trinajstić information content (AvgIpc) is 2.67. The third kappa shape index (κ3) is 8.42. The summed E-state index contributed by atoms with van der Waals surface area (Å²) in [5.41, 5.74) is 1.38. The van der Waals surface area contributed by atoms with Gasteiger partial charge in [0.1, 0.15) is 6.10 Å². The number of hydrogen-bond acceptors (Lipinski definition) is 4. The number of nitriles is 1. The molecule has 2 N–H and O–H groups in total. The van der Waals surface area contributed by atoms with Gasteiger partial charge in [-0.3, -0.25) is 4.79 Å². The smallest absolute Gasteiger partial charge is 0.407 e. The van der Waals surface area contributed by atoms with Gasteiger partial charge in [0.25, 0.3) is 0 Å². The fraction of sp³-hybridized carbons (Fsp3) is 0.409. The highest BCUT2D eigenvalue weighted by Crippen LogP contribution is 2.15. The van der Waals surface area contributed by atoms with Crippen LogP contribution < -0.4 is 10.6 Å². The summed E-state index contributed by atoms with van der Waals surface area (Å²) in [5, 5.41) is 13.9. The van der Waals surface area contributed by atoms with Crippen LogP contribution in [0.25, 0.3) is 0 Å². The number of ether oxygens (including phenoxy) is 1. The van der Waals surface area contributed by atoms with E-state index in [1.807, 2.05) is 0 Å². The number of carbonyl (C=O) groups is 2. The van der Waals surface area contributed by atoms with E-state index in [0.29, 0.717) is 30.6 Å². The third-order valence-electron chi connectivity index (χ3n) is 4.27. The number of rotatable bonds is 6. The standard InChI is InChI=1S/C22H25N3O3/c23-16-6-8-18-12-14-19(15-13-18)25-21(26)11-7-17-24-22(27)28-20-9-4-2-1-3-5-10-20/h1-2,12-15,20H,3-5,7,9-11,17H2,(H,24,27)(H,25,26)/b2-1+. The van der Waals surface area contributed by atoms with Crippen molar-refractivity contribution in [1.29, 1.82) is 5.26 Å². The Bertz CT molecular complexity index is 782. The number of anilines is 1. The van der Waals surface area contributed by atoms with Crippen LogP contribution in [0.5, 0.6) is 0 Å². The molecule has 28 heavy (non-hydrogen) atoms. The summed E-state index contributed by atoms with van der Waals surface area (Å²) in [5.74, 6) is 4.88. The van der Waals surface area contributed by atoms with Crippen LogP contribution in [0.15, 0.2) is 36.4 Å². The Morgan fingerprint density at radius 2 is 1.93 bits per heavy atom. The Kier molecular flexibility index (Phi) is 9.17. The summed E-state index contributed by atoms with van der Waals surface area (Å²) >= 11 is 0. The molecule has 0 bridgehead atoms. The molecule has 0 heterocycles. The molecule has 0 fully saturated rings. The number of carbonyl (C=O) groups excluding carboxylic acids is 2. The van der Waals surface area contributed by atoms with Crippen LogP contribution in [-0.4, -0.2) is 24.6 Å². The van der Waals surface area contributed by atoms with Crippen molar-refractivity contribution in [1.82, 2.24) is 5.32 Å². The highest BCUT2D eigenvalue weighted by Gasteiger charge is 2.14. The molecule has 1 aromatic carbocycles. The minimum atomic E-state index is -0.413. The Labute approximate surface area is 166 Å². The maximum Gasteiger partial charge on any atom is 0.407 e. The number of amides is 2. The molecular formula is C22H25N3O3. The molecular weight excluding hydrogens is 354 g/mol. The van der Waals surface area contributed by atoms with Crippen molar-refractivity contribution < 1.29 is 14.3 Å². The van der Waals surface area contributed by atoms with Gasteiger partial charge in [-0.2, -0.15) is 5.26 Å². The minimum absolute atomic E-state index is 0.0333. The first-order valence-corrected chi connectivity index (χ1v) is 9.57. The Morgan fingerprint density at radius 1 is 1.14 bits per heavy atom. The van der Waals surface area contributed by atoms with Crippen LogP contribution >= 0.6 is 0 Å². The van der Waals surface area contributed by atoms with Gasteiger partial charge < -0.3 is 15.4 Å². The van der Waals surface area contributed by atoms with E-state index in [-0.39, 0.29) is 12.0 Å². The predicted octanol–water partition coefficient (Wildman–Crippen LogP) is 3.90. The van der Waals surface area contributed by atoms with Gasteiger partial charge >= 0.3 is 6.09 Å². The molecule has 2 rings (SSSR count). The van der Waals surface area contributed by atoms with E-state index in [9.17, 15) is 9.59 Å². The van der Waals surface area contributed by atoms with Gasteiger partial charge in [-0.25, -0.2) is 4.79 Å². The highest BCUT2D eigenvalue weighted by molar-refractivity contribution is 5.90. The fourth-order valence-electron chi connectivity index (χ4n) is 2.84. The van der Waals surface area contributed by atoms with Gasteiger partial charge in [0.05, 0.1) is 0 Å². The highest BCUT2D eigenvalue weighted by atomic mass is 16.6. The van der Waals surface area contributed by atoms with E-state index in [2.05, 4.69) is 34.6 Å². The molecule has 0 spiro atoms. The lowest BCUT2D eigenvalue weighted by molar-refractivity contribution is -0.116. The van der Waals surface area contributed by atoms with Crippen LogP contribution in [0.4, 0.5) is 10.5 Å². The zero-order valence-corrected chi connectivity index (χ0v) is 15.9. The summed E-state index contributed by atoms with van der Waals surface area (Å²) in [7, 11) is 0. The summed E-state index contributed by atoms with van der Waals surface area (Å²) in [6.45, 7) is 0.390. The van der Waals surface area contributed by atoms with Gasteiger partial charge in [-0.1, -0.05) is 18.1 Å². The van der Waals surface area contributed by atoms with Gasteiger partial charge in [-0.05, 0) is 62.8 Å². The van der Waals surface area contributed by atoms with Crippen molar-refractivity contribution in [2.24, 2.45) is 0 Å². The molecule has 0 saturated heterocycles. The van der Waals surface area contributed by atoms with Crippen LogP contribution in [0.3, 0.4) is 0 Å². The number of allylic oxidation sites excluding steroid dienone is 2. The molecule has 0 aliphatic heterocycles. The van der Waals surface area contributed by atoms with Crippen molar-refractivity contribution in [3.05, 3.63) is 42.0 Å². The summed E-state index contributed by atoms with van der Waals surface area (Å²) in [6, 6.07) is 8.70. The SMILES string of the molecule is N#CC#Cc1ccc(NC(=O)CCCNC(=O)OC2CC/C=C/CCC2)cc1. The second-order valence-corrected chi connectivity index (χ2v) is 6.52. The first kappa shape index (κ1) is 21.1. The number of hydrogen-bond donors (Lipinski definition) is 2. The summed E-state index contributed by atoms with van der Waals surface area (Å²) < 4.78 is 5.45. The summed E-state index contributed by atoms with van der Waals surface area (Å²) in [6.07, 6.45) is 9.44. The molecule has 2 amide bonds. The molecule has 146 valence electrons. The number of benzene rings is 1. The molecule has 1 aliphatic rings. The number of nitrogens with zero attached hydrogens (tertiary/aromatic N) is 1. The third-order valence-corrected chi connectivity index (χ3v) is 4.27. The molecule has 1 aliphatic carbocycles. The number of alkyl carbamates (subject to hydrolysis) is 1. The lowest BCUT2D eigenvalue weighted by Gasteiger charge is -2.18. The van der Waals surface area contributed by atoms with E-state index < -0.39 is 6.09 Å². The zero-order chi connectivity index (χ0) is 20.0. The molecule has 6 heteroatoms.